The number of sulfonamides is 1. The first-order valence-corrected chi connectivity index (χ1v) is 10.9. The molecule has 1 fully saturated rings. The molecule has 9 nitrogen and oxygen atoms in total. The lowest BCUT2D eigenvalue weighted by atomic mass is 10.2. The zero-order valence-corrected chi connectivity index (χ0v) is 16.9. The van der Waals surface area contributed by atoms with Crippen molar-refractivity contribution in [2.24, 2.45) is 0 Å². The van der Waals surface area contributed by atoms with E-state index in [0.29, 0.717) is 17.1 Å². The van der Waals surface area contributed by atoms with Gasteiger partial charge in [-0.15, -0.1) is 0 Å². The van der Waals surface area contributed by atoms with E-state index in [1.165, 1.54) is 4.31 Å². The number of hydrogen-bond donors (Lipinski definition) is 1. The predicted octanol–water partition coefficient (Wildman–Crippen LogP) is 0.678. The van der Waals surface area contributed by atoms with E-state index in [-0.39, 0.29) is 50.3 Å². The SMILES string of the molecule is O=C(NCC(=O)N1CCN(S(=O)(=O)c2ccccc2)CC1)c1ccc2c(c1)OCO2. The third-order valence-electron chi connectivity index (χ3n) is 5.01. The molecule has 2 heterocycles. The number of nitrogens with one attached hydrogen (secondary N) is 1. The van der Waals surface area contributed by atoms with Crippen LogP contribution >= 0.6 is 0 Å². The minimum absolute atomic E-state index is 0.116. The highest BCUT2D eigenvalue weighted by Crippen LogP contribution is 2.32. The monoisotopic (exact) mass is 431 g/mol. The number of carbonyl (C=O) groups excluding carboxylic acids is 2. The Labute approximate surface area is 174 Å². The van der Waals surface area contributed by atoms with Crippen LogP contribution in [-0.4, -0.2) is 69.0 Å². The lowest BCUT2D eigenvalue weighted by Crippen LogP contribution is -2.52. The van der Waals surface area contributed by atoms with Crippen LogP contribution < -0.4 is 14.8 Å². The molecule has 2 aliphatic rings. The van der Waals surface area contributed by atoms with Crippen molar-refractivity contribution in [1.29, 1.82) is 0 Å². The van der Waals surface area contributed by atoms with E-state index in [0.717, 1.165) is 0 Å². The van der Waals surface area contributed by atoms with Gasteiger partial charge in [0.05, 0.1) is 11.4 Å². The van der Waals surface area contributed by atoms with Crippen molar-refractivity contribution >= 4 is 21.8 Å². The molecule has 0 unspecified atom stereocenters. The molecule has 0 aliphatic carbocycles. The topological polar surface area (TPSA) is 105 Å². The van der Waals surface area contributed by atoms with Crippen molar-refractivity contribution in [2.45, 2.75) is 4.90 Å². The van der Waals surface area contributed by atoms with Crippen molar-refractivity contribution < 1.29 is 27.5 Å². The molecule has 0 radical (unpaired) electrons. The first kappa shape index (κ1) is 20.2. The molecule has 158 valence electrons. The highest BCUT2D eigenvalue weighted by Gasteiger charge is 2.30. The van der Waals surface area contributed by atoms with Crippen molar-refractivity contribution in [1.82, 2.24) is 14.5 Å². The Morgan fingerprint density at radius 1 is 0.933 bits per heavy atom. The third-order valence-corrected chi connectivity index (χ3v) is 6.92. The number of fused-ring (bicyclic) bond motifs is 1. The predicted molar refractivity (Wildman–Crippen MR) is 107 cm³/mol. The molecule has 0 bridgehead atoms. The second-order valence-electron chi connectivity index (χ2n) is 6.85. The van der Waals surface area contributed by atoms with Gasteiger partial charge in [0.25, 0.3) is 5.91 Å². The number of piperazine rings is 1. The van der Waals surface area contributed by atoms with E-state index in [9.17, 15) is 18.0 Å². The zero-order valence-electron chi connectivity index (χ0n) is 16.1. The van der Waals surface area contributed by atoms with Crippen LogP contribution in [0.2, 0.25) is 0 Å². The normalized spacial score (nSPS) is 16.3. The van der Waals surface area contributed by atoms with Crippen molar-refractivity contribution in [3.05, 3.63) is 54.1 Å². The van der Waals surface area contributed by atoms with Crippen LogP contribution in [0.25, 0.3) is 0 Å². The van der Waals surface area contributed by atoms with Crippen LogP contribution in [0.15, 0.2) is 53.4 Å². The van der Waals surface area contributed by atoms with Gasteiger partial charge in [-0.2, -0.15) is 4.31 Å². The summed E-state index contributed by atoms with van der Waals surface area (Å²) in [6.45, 7) is 0.900. The van der Waals surface area contributed by atoms with Crippen LogP contribution in [0.5, 0.6) is 11.5 Å². The summed E-state index contributed by atoms with van der Waals surface area (Å²) >= 11 is 0. The zero-order chi connectivity index (χ0) is 21.1. The maximum absolute atomic E-state index is 12.7. The molecule has 0 atom stereocenters. The quantitative estimate of drug-likeness (QED) is 0.746. The summed E-state index contributed by atoms with van der Waals surface area (Å²) in [4.78, 5) is 26.5. The van der Waals surface area contributed by atoms with Gasteiger partial charge in [0.2, 0.25) is 22.7 Å². The molecule has 1 N–H and O–H groups in total. The lowest BCUT2D eigenvalue weighted by Gasteiger charge is -2.34. The van der Waals surface area contributed by atoms with Crippen molar-refractivity contribution in [3.8, 4) is 11.5 Å². The fourth-order valence-corrected chi connectivity index (χ4v) is 4.77. The Kier molecular flexibility index (Phi) is 5.60. The molecule has 2 aromatic rings. The maximum atomic E-state index is 12.7. The molecular formula is C20H21N3O6S. The van der Waals surface area contributed by atoms with Gasteiger partial charge < -0.3 is 19.7 Å². The molecule has 10 heteroatoms. The van der Waals surface area contributed by atoms with Gasteiger partial charge >= 0.3 is 0 Å². The van der Waals surface area contributed by atoms with Gasteiger partial charge in [-0.1, -0.05) is 18.2 Å². The second kappa shape index (κ2) is 8.33. The van der Waals surface area contributed by atoms with Crippen LogP contribution in [0.1, 0.15) is 10.4 Å². The molecule has 2 aliphatic heterocycles. The van der Waals surface area contributed by atoms with E-state index < -0.39 is 15.9 Å². The molecule has 4 rings (SSSR count). The minimum Gasteiger partial charge on any atom is -0.454 e. The number of rotatable bonds is 5. The molecule has 0 spiro atoms. The first-order chi connectivity index (χ1) is 14.4. The van der Waals surface area contributed by atoms with E-state index >= 15 is 0 Å². The van der Waals surface area contributed by atoms with E-state index in [2.05, 4.69) is 5.32 Å². The Bertz CT molecular complexity index is 1050. The molecule has 0 saturated carbocycles. The molecule has 0 aromatic heterocycles. The van der Waals surface area contributed by atoms with Gasteiger partial charge in [0.15, 0.2) is 11.5 Å². The Morgan fingerprint density at radius 3 is 2.37 bits per heavy atom. The molecule has 1 saturated heterocycles. The smallest absolute Gasteiger partial charge is 0.251 e. The first-order valence-electron chi connectivity index (χ1n) is 9.46. The van der Waals surface area contributed by atoms with Gasteiger partial charge in [-0.25, -0.2) is 8.42 Å². The molecule has 30 heavy (non-hydrogen) atoms. The van der Waals surface area contributed by atoms with Gasteiger partial charge in [0, 0.05) is 31.7 Å². The fraction of sp³-hybridized carbons (Fsp3) is 0.300. The average Bonchev–Trinajstić information content (AvgIpc) is 3.26. The van der Waals surface area contributed by atoms with Crippen LogP contribution in [0.3, 0.4) is 0 Å². The molecule has 2 amide bonds. The number of ether oxygens (including phenoxy) is 2. The summed E-state index contributed by atoms with van der Waals surface area (Å²) in [5.41, 5.74) is 0.367. The second-order valence-corrected chi connectivity index (χ2v) is 8.79. The number of benzene rings is 2. The third kappa shape index (κ3) is 4.10. The Morgan fingerprint density at radius 2 is 1.63 bits per heavy atom. The number of amides is 2. The van der Waals surface area contributed by atoms with E-state index in [4.69, 9.17) is 9.47 Å². The van der Waals surface area contributed by atoms with Crippen LogP contribution in [-0.2, 0) is 14.8 Å². The summed E-state index contributed by atoms with van der Waals surface area (Å²) in [7, 11) is -3.57. The van der Waals surface area contributed by atoms with Crippen LogP contribution in [0.4, 0.5) is 0 Å². The summed E-state index contributed by atoms with van der Waals surface area (Å²) in [5, 5.41) is 2.60. The number of nitrogens with zero attached hydrogens (tertiary/aromatic N) is 2. The summed E-state index contributed by atoms with van der Waals surface area (Å²) in [5.74, 6) is 0.406. The molecular weight excluding hydrogens is 410 g/mol. The molecule has 2 aromatic carbocycles. The number of hydrogen-bond acceptors (Lipinski definition) is 6. The summed E-state index contributed by atoms with van der Waals surface area (Å²) < 4.78 is 37.2. The Hall–Kier alpha value is -3.11. The van der Waals surface area contributed by atoms with Gasteiger partial charge in [-0.05, 0) is 30.3 Å². The van der Waals surface area contributed by atoms with Crippen molar-refractivity contribution in [2.75, 3.05) is 39.5 Å². The van der Waals surface area contributed by atoms with E-state index in [1.807, 2.05) is 0 Å². The lowest BCUT2D eigenvalue weighted by molar-refractivity contribution is -0.131. The van der Waals surface area contributed by atoms with Crippen molar-refractivity contribution in [3.63, 3.8) is 0 Å². The maximum Gasteiger partial charge on any atom is 0.251 e. The largest absolute Gasteiger partial charge is 0.454 e. The number of carbonyl (C=O) groups is 2. The van der Waals surface area contributed by atoms with Crippen LogP contribution in [0, 0.1) is 0 Å². The summed E-state index contributed by atoms with van der Waals surface area (Å²) in [6, 6.07) is 13.0. The highest BCUT2D eigenvalue weighted by molar-refractivity contribution is 7.89. The minimum atomic E-state index is -3.57. The Balaban J connectivity index is 1.29. The average molecular weight is 431 g/mol. The van der Waals surface area contributed by atoms with Gasteiger partial charge in [-0.3, -0.25) is 9.59 Å². The van der Waals surface area contributed by atoms with E-state index in [1.54, 1.807) is 53.4 Å². The fourth-order valence-electron chi connectivity index (χ4n) is 3.33. The highest BCUT2D eigenvalue weighted by atomic mass is 32.2. The standard InChI is InChI=1S/C20H21N3O6S/c24-19(13-21-20(25)15-6-7-17-18(12-15)29-14-28-17)22-8-10-23(11-9-22)30(26,27)16-4-2-1-3-5-16/h1-7,12H,8-11,13-14H2,(H,21,25). The van der Waals surface area contributed by atoms with Gasteiger partial charge in [0.1, 0.15) is 0 Å². The summed E-state index contributed by atoms with van der Waals surface area (Å²) in [6.07, 6.45) is 0.